The maximum atomic E-state index is 6.81. The third-order valence-corrected chi connectivity index (χ3v) is 12.7. The molecule has 1 unspecified atom stereocenters. The molecule has 3 aromatic heterocycles. The molecule has 3 heterocycles. The van der Waals surface area contributed by atoms with Gasteiger partial charge in [-0.1, -0.05) is 166 Å². The number of aromatic nitrogens is 4. The molecule has 0 bridgehead atoms. The number of fused-ring (bicyclic) bond motifs is 4. The topological polar surface area (TPSA) is 35.9 Å². The van der Waals surface area contributed by atoms with Crippen molar-refractivity contribution in [2.24, 2.45) is 5.92 Å². The van der Waals surface area contributed by atoms with Crippen LogP contribution in [-0.4, -0.2) is 14.1 Å². The predicted molar refractivity (Wildman–Crippen MR) is 262 cm³/mol. The summed E-state index contributed by atoms with van der Waals surface area (Å²) in [5, 5.41) is 2.31. The van der Waals surface area contributed by atoms with Crippen LogP contribution in [0.1, 0.15) is 32.3 Å². The van der Waals surface area contributed by atoms with Gasteiger partial charge in [-0.3, -0.25) is 13.7 Å². The van der Waals surface area contributed by atoms with E-state index in [1.54, 1.807) is 0 Å². The Morgan fingerprint density at radius 3 is 1.88 bits per heavy atom. The number of benzene rings is 8. The Labute approximate surface area is 373 Å². The molecule has 0 saturated carbocycles. The summed E-state index contributed by atoms with van der Waals surface area (Å²) in [5.74, 6) is 3.25. The molecule has 0 aliphatic heterocycles. The van der Waals surface area contributed by atoms with E-state index in [0.29, 0.717) is 11.8 Å². The fraction of sp³-hybridized carbons (Fsp3) is 0.0847. The summed E-state index contributed by atoms with van der Waals surface area (Å²) in [6.45, 7) is 6.84. The molecule has 0 radical (unpaired) electrons. The Bertz CT molecular complexity index is 3400. The van der Waals surface area contributed by atoms with E-state index in [-0.39, 0.29) is 0 Å². The van der Waals surface area contributed by atoms with Gasteiger partial charge in [0.2, 0.25) is 0 Å². The summed E-state index contributed by atoms with van der Waals surface area (Å²) in [7, 11) is 0. The lowest BCUT2D eigenvalue weighted by molar-refractivity contribution is -0.571. The largest absolute Gasteiger partial charge is 0.458 e. The summed E-state index contributed by atoms with van der Waals surface area (Å²) in [4.78, 5) is 4.97. The van der Waals surface area contributed by atoms with Crippen molar-refractivity contribution in [3.05, 3.63) is 224 Å². The van der Waals surface area contributed by atoms with Crippen molar-refractivity contribution < 1.29 is 9.30 Å². The number of nitrogens with zero attached hydrogens (tertiary/aromatic N) is 4. The van der Waals surface area contributed by atoms with Crippen molar-refractivity contribution in [1.29, 1.82) is 0 Å². The minimum Gasteiger partial charge on any atom is -0.458 e. The quantitative estimate of drug-likeness (QED) is 0.102. The molecule has 1 atom stereocenters. The molecule has 0 amide bonds. The van der Waals surface area contributed by atoms with Gasteiger partial charge in [0.25, 0.3) is 6.33 Å². The second-order valence-corrected chi connectivity index (χ2v) is 16.9. The highest BCUT2D eigenvalue weighted by atomic mass is 16.5. The lowest BCUT2D eigenvalue weighted by atomic mass is 9.91. The first-order valence-corrected chi connectivity index (χ1v) is 22.1. The second-order valence-electron chi connectivity index (χ2n) is 16.9. The fourth-order valence-electron chi connectivity index (χ4n) is 9.07. The van der Waals surface area contributed by atoms with Gasteiger partial charge in [-0.2, -0.15) is 0 Å². The zero-order valence-electron chi connectivity index (χ0n) is 36.1. The first-order valence-electron chi connectivity index (χ1n) is 22.1. The van der Waals surface area contributed by atoms with Gasteiger partial charge in [-0.05, 0) is 105 Å². The van der Waals surface area contributed by atoms with Crippen LogP contribution >= 0.6 is 0 Å². The molecule has 11 aromatic rings. The van der Waals surface area contributed by atoms with Crippen LogP contribution in [0.25, 0.3) is 83.4 Å². The van der Waals surface area contributed by atoms with E-state index in [9.17, 15) is 0 Å². The molecule has 11 rings (SSSR count). The van der Waals surface area contributed by atoms with Gasteiger partial charge in [-0.25, -0.2) is 4.98 Å². The number of rotatable bonds is 10. The normalized spacial score (nSPS) is 12.1. The molecule has 5 heteroatoms. The molecule has 64 heavy (non-hydrogen) atoms. The summed E-state index contributed by atoms with van der Waals surface area (Å²) < 4.78 is 13.5. The lowest BCUT2D eigenvalue weighted by Gasteiger charge is -2.17. The summed E-state index contributed by atoms with van der Waals surface area (Å²) in [6.07, 6.45) is 5.75. The highest BCUT2D eigenvalue weighted by molar-refractivity contribution is 6.10. The fourth-order valence-corrected chi connectivity index (χ4v) is 9.07. The van der Waals surface area contributed by atoms with Crippen molar-refractivity contribution in [1.82, 2.24) is 14.1 Å². The molecular weight excluding hydrogens is 781 g/mol. The maximum Gasteiger partial charge on any atom is 0.269 e. The van der Waals surface area contributed by atoms with Crippen LogP contribution in [0.5, 0.6) is 11.5 Å². The van der Waals surface area contributed by atoms with Gasteiger partial charge in [0.15, 0.2) is 0 Å². The van der Waals surface area contributed by atoms with Crippen LogP contribution in [0.3, 0.4) is 0 Å². The first-order chi connectivity index (χ1) is 31.5. The van der Waals surface area contributed by atoms with Crippen LogP contribution in [-0.2, 0) is 0 Å². The van der Waals surface area contributed by atoms with Crippen molar-refractivity contribution in [3.8, 4) is 62.1 Å². The number of para-hydroxylation sites is 3. The Kier molecular flexibility index (Phi) is 9.93. The number of hydrogen-bond donors (Lipinski definition) is 0. The van der Waals surface area contributed by atoms with E-state index in [1.165, 1.54) is 22.1 Å². The summed E-state index contributed by atoms with van der Waals surface area (Å²) >= 11 is 0. The van der Waals surface area contributed by atoms with E-state index in [0.717, 1.165) is 78.4 Å². The Morgan fingerprint density at radius 1 is 0.500 bits per heavy atom. The van der Waals surface area contributed by atoms with E-state index in [2.05, 4.69) is 241 Å². The van der Waals surface area contributed by atoms with E-state index >= 15 is 0 Å². The third kappa shape index (κ3) is 7.01. The molecule has 0 fully saturated rings. The van der Waals surface area contributed by atoms with E-state index in [4.69, 9.17) is 9.72 Å². The molecular formula is C59H46N4O. The van der Waals surface area contributed by atoms with Crippen molar-refractivity contribution in [2.75, 3.05) is 0 Å². The monoisotopic (exact) mass is 826 g/mol. The summed E-state index contributed by atoms with van der Waals surface area (Å²) in [6, 6.07) is 72.7. The minimum absolute atomic E-state index is 0.388. The number of ether oxygens (including phenoxy) is 1. The molecule has 0 N–H and O–H groups in total. The van der Waals surface area contributed by atoms with Crippen LogP contribution in [0.15, 0.2) is 212 Å². The Balaban J connectivity index is 1.02. The average molecular weight is 827 g/mol. The third-order valence-electron chi connectivity index (χ3n) is 12.7. The van der Waals surface area contributed by atoms with E-state index < -0.39 is 0 Å². The van der Waals surface area contributed by atoms with Crippen LogP contribution in [0, 0.1) is 12.2 Å². The first kappa shape index (κ1) is 38.9. The zero-order valence-corrected chi connectivity index (χ0v) is 36.1. The molecule has 0 saturated heterocycles. The van der Waals surface area contributed by atoms with Gasteiger partial charge in [0.1, 0.15) is 17.3 Å². The Morgan fingerprint density at radius 2 is 1.16 bits per heavy atom. The van der Waals surface area contributed by atoms with Gasteiger partial charge >= 0.3 is 0 Å². The second kappa shape index (κ2) is 16.4. The predicted octanol–water partition coefficient (Wildman–Crippen LogP) is 14.8. The lowest BCUT2D eigenvalue weighted by Crippen LogP contribution is -2.31. The van der Waals surface area contributed by atoms with Gasteiger partial charge in [0.05, 0.1) is 33.4 Å². The number of imidazole rings is 1. The number of pyridine rings is 1. The van der Waals surface area contributed by atoms with Crippen LogP contribution < -0.4 is 9.30 Å². The van der Waals surface area contributed by atoms with Crippen LogP contribution in [0.2, 0.25) is 0 Å². The van der Waals surface area contributed by atoms with Gasteiger partial charge < -0.3 is 4.74 Å². The number of hydrogen-bond acceptors (Lipinski definition) is 2. The molecule has 0 aliphatic carbocycles. The minimum atomic E-state index is 0.388. The molecule has 8 aromatic carbocycles. The molecule has 308 valence electrons. The standard InChI is InChI=1S/C59H46N4O/c1-40(2)41(3)45-33-34-60-58(36-45)63-54-32-29-46(42-17-7-4-8-18-42)35-53(54)52-31-30-49(38-57(52)63)64-48-24-15-23-47(37-48)61-39-62(56-28-14-13-27-55(56)61)59-50(43-19-9-5-10-20-43)25-16-26-51(59)44-21-11-6-12-22-44/h4-38,40-41H,1-3H3. The molecule has 5 nitrogen and oxygen atoms in total. The smallest absolute Gasteiger partial charge is 0.269 e. The van der Waals surface area contributed by atoms with Gasteiger partial charge in [0, 0.05) is 23.0 Å². The van der Waals surface area contributed by atoms with Crippen LogP contribution in [0.4, 0.5) is 0 Å². The van der Waals surface area contributed by atoms with Gasteiger partial charge in [-0.15, -0.1) is 0 Å². The zero-order chi connectivity index (χ0) is 43.1. The maximum absolute atomic E-state index is 6.81. The average Bonchev–Trinajstić information content (AvgIpc) is 3.90. The molecule has 0 aliphatic rings. The highest BCUT2D eigenvalue weighted by Crippen LogP contribution is 2.39. The van der Waals surface area contributed by atoms with E-state index in [1.807, 2.05) is 12.3 Å². The SMILES string of the molecule is CC(C)C(C)c1ccnc(-n2c3ccc(-c4ccccc4)cc3c3ccc(Oc4cccc(-n5[c-][n+](-c6c(-c7ccccc7)cccc6-c6ccccc6)c6ccccc65)c4)cc32)c1. The van der Waals surface area contributed by atoms with Crippen molar-refractivity contribution >= 4 is 32.8 Å². The summed E-state index contributed by atoms with van der Waals surface area (Å²) in [5.41, 5.74) is 14.4. The van der Waals surface area contributed by atoms with Crippen molar-refractivity contribution in [2.45, 2.75) is 26.7 Å². The Hall–Kier alpha value is -8.02. The highest BCUT2D eigenvalue weighted by Gasteiger charge is 2.21. The molecule has 0 spiro atoms. The van der Waals surface area contributed by atoms with Crippen molar-refractivity contribution in [3.63, 3.8) is 0 Å².